The van der Waals surface area contributed by atoms with Crippen LogP contribution in [0.4, 0.5) is 0 Å². The zero-order chi connectivity index (χ0) is 7.56. The van der Waals surface area contributed by atoms with Crippen molar-refractivity contribution in [3.63, 3.8) is 0 Å². The molecule has 0 bridgehead atoms. The van der Waals surface area contributed by atoms with Crippen LogP contribution < -0.4 is 0 Å². The van der Waals surface area contributed by atoms with Gasteiger partial charge in [-0.25, -0.2) is 4.79 Å². The van der Waals surface area contributed by atoms with Crippen LogP contribution in [0.15, 0.2) is 12.2 Å². The molecule has 0 amide bonds. The Morgan fingerprint density at radius 2 is 2.36 bits per heavy atom. The monoisotopic (exact) mass is 170 g/mol. The highest BCUT2D eigenvalue weighted by Gasteiger charge is 2.24. The maximum Gasteiger partial charge on any atom is 0.333 e. The van der Waals surface area contributed by atoms with E-state index in [2.05, 4.69) is 6.58 Å². The lowest BCUT2D eigenvalue weighted by Gasteiger charge is -1.99. The first kappa shape index (κ1) is 10.4. The quantitative estimate of drug-likeness (QED) is 0.261. The third-order valence-corrected chi connectivity index (χ3v) is 1.15. The lowest BCUT2D eigenvalue weighted by molar-refractivity contribution is -0.139. The highest BCUT2D eigenvalue weighted by Crippen LogP contribution is 2.09. The molecule has 0 aromatic carbocycles. The van der Waals surface area contributed by atoms with Gasteiger partial charge in [0, 0.05) is 16.5 Å². The Morgan fingerprint density at radius 3 is 2.73 bits per heavy atom. The number of hydrogen-bond acceptors (Lipinski definition) is 3. The van der Waals surface area contributed by atoms with E-state index in [4.69, 9.17) is 9.47 Å². The highest BCUT2D eigenvalue weighted by molar-refractivity contribution is 5.86. The Bertz CT molecular complexity index is 163. The van der Waals surface area contributed by atoms with Crippen LogP contribution in [0.25, 0.3) is 0 Å². The predicted molar refractivity (Wildman–Crippen MR) is 41.3 cm³/mol. The van der Waals surface area contributed by atoms with Crippen LogP contribution >= 0.6 is 0 Å². The first-order chi connectivity index (χ1) is 4.70. The maximum atomic E-state index is 10.7. The second kappa shape index (κ2) is 4.30. The molecule has 1 aliphatic rings. The molecule has 0 aromatic heterocycles. The zero-order valence-corrected chi connectivity index (χ0v) is 7.42. The molecule has 1 aliphatic heterocycles. The molecule has 0 spiro atoms. The van der Waals surface area contributed by atoms with E-state index in [0.29, 0.717) is 18.8 Å². The number of rotatable bonds is 3. The van der Waals surface area contributed by atoms with Crippen molar-refractivity contribution >= 4 is 16.9 Å². The molecule has 0 N–H and O–H groups in total. The minimum atomic E-state index is -0.337. The van der Waals surface area contributed by atoms with Crippen LogP contribution in [0.2, 0.25) is 0 Å². The largest absolute Gasteiger partial charge is 0.459 e. The molecule has 1 rings (SSSR count). The van der Waals surface area contributed by atoms with Crippen LogP contribution in [-0.2, 0) is 14.3 Å². The second-order valence-electron chi connectivity index (χ2n) is 2.33. The van der Waals surface area contributed by atoms with Crippen LogP contribution in [0.5, 0.6) is 0 Å². The van der Waals surface area contributed by atoms with Crippen LogP contribution in [0, 0.1) is 0 Å². The van der Waals surface area contributed by atoms with Gasteiger partial charge in [0.15, 0.2) is 0 Å². The molecule has 4 heteroatoms. The molecule has 60 valence electrons. The summed E-state index contributed by atoms with van der Waals surface area (Å²) in [6.07, 6.45) is 0.142. The first-order valence-corrected chi connectivity index (χ1v) is 3.14. The van der Waals surface area contributed by atoms with Gasteiger partial charge >= 0.3 is 5.97 Å². The fourth-order valence-electron chi connectivity index (χ4n) is 0.456. The predicted octanol–water partition coefficient (Wildman–Crippen LogP) is 0.124. The van der Waals surface area contributed by atoms with Gasteiger partial charge in [-0.3, -0.25) is 0 Å². The van der Waals surface area contributed by atoms with Crippen molar-refractivity contribution in [3.8, 4) is 0 Å². The average molecular weight is 170 g/mol. The summed E-state index contributed by atoms with van der Waals surface area (Å²) >= 11 is 0. The van der Waals surface area contributed by atoms with Crippen LogP contribution in [0.3, 0.4) is 0 Å². The smallest absolute Gasteiger partial charge is 0.333 e. The Balaban J connectivity index is 0.000001000. The van der Waals surface area contributed by atoms with Crippen molar-refractivity contribution in [1.82, 2.24) is 0 Å². The van der Waals surface area contributed by atoms with E-state index in [1.807, 2.05) is 0 Å². The van der Waals surface area contributed by atoms with Gasteiger partial charge in [0.05, 0.1) is 6.61 Å². The number of ether oxygens (including phenoxy) is 2. The van der Waals surface area contributed by atoms with Crippen molar-refractivity contribution < 1.29 is 14.3 Å². The van der Waals surface area contributed by atoms with Crippen molar-refractivity contribution in [2.45, 2.75) is 13.0 Å². The molecule has 0 saturated carbocycles. The van der Waals surface area contributed by atoms with E-state index >= 15 is 0 Å². The summed E-state index contributed by atoms with van der Waals surface area (Å²) in [5.74, 6) is -0.337. The molecule has 0 aromatic rings. The summed E-state index contributed by atoms with van der Waals surface area (Å²) < 4.78 is 9.60. The lowest BCUT2D eigenvalue weighted by Crippen LogP contribution is -2.09. The van der Waals surface area contributed by atoms with Crippen molar-refractivity contribution in [3.05, 3.63) is 12.2 Å². The van der Waals surface area contributed by atoms with Gasteiger partial charge in [-0.15, -0.1) is 0 Å². The van der Waals surface area contributed by atoms with Crippen molar-refractivity contribution in [2.24, 2.45) is 0 Å². The summed E-state index contributed by atoms with van der Waals surface area (Å²) in [4.78, 5) is 10.7. The van der Waals surface area contributed by atoms with Gasteiger partial charge in [0.2, 0.25) is 0 Å². The van der Waals surface area contributed by atoms with Gasteiger partial charge in [-0.05, 0) is 6.92 Å². The molecule has 11 heavy (non-hydrogen) atoms. The molecule has 1 atom stereocenters. The summed E-state index contributed by atoms with van der Waals surface area (Å²) in [6, 6.07) is 0. The molecular formula is C7H10O3Si. The Morgan fingerprint density at radius 1 is 1.82 bits per heavy atom. The molecule has 1 saturated heterocycles. The fourth-order valence-corrected chi connectivity index (χ4v) is 0.456. The highest BCUT2D eigenvalue weighted by atomic mass is 28.1. The second-order valence-corrected chi connectivity index (χ2v) is 2.33. The number of carbonyl (C=O) groups is 1. The first-order valence-electron chi connectivity index (χ1n) is 3.14. The summed E-state index contributed by atoms with van der Waals surface area (Å²) in [6.45, 7) is 6.14. The minimum Gasteiger partial charge on any atom is -0.459 e. The normalized spacial score (nSPS) is 19.9. The van der Waals surface area contributed by atoms with E-state index in [1.54, 1.807) is 6.92 Å². The SMILES string of the molecule is C=C(C)C(=O)OCC1CO1.[Si]. The summed E-state index contributed by atoms with van der Waals surface area (Å²) in [5.41, 5.74) is 0.431. The van der Waals surface area contributed by atoms with E-state index in [-0.39, 0.29) is 23.0 Å². The maximum absolute atomic E-state index is 10.7. The van der Waals surface area contributed by atoms with E-state index < -0.39 is 0 Å². The minimum absolute atomic E-state index is 0. The molecular weight excluding hydrogens is 160 g/mol. The van der Waals surface area contributed by atoms with Crippen LogP contribution in [-0.4, -0.2) is 36.3 Å². The Labute approximate surface area is 70.4 Å². The van der Waals surface area contributed by atoms with Gasteiger partial charge in [-0.1, -0.05) is 6.58 Å². The molecule has 1 heterocycles. The molecule has 0 aliphatic carbocycles. The fraction of sp³-hybridized carbons (Fsp3) is 0.571. The topological polar surface area (TPSA) is 38.8 Å². The van der Waals surface area contributed by atoms with Gasteiger partial charge in [-0.2, -0.15) is 0 Å². The summed E-state index contributed by atoms with van der Waals surface area (Å²) in [7, 11) is 0. The van der Waals surface area contributed by atoms with Crippen molar-refractivity contribution in [2.75, 3.05) is 13.2 Å². The average Bonchev–Trinajstić information content (AvgIpc) is 2.64. The molecule has 1 fully saturated rings. The molecule has 4 radical (unpaired) electrons. The number of epoxide rings is 1. The number of esters is 1. The van der Waals surface area contributed by atoms with Gasteiger partial charge in [0.1, 0.15) is 12.7 Å². The molecule has 1 unspecified atom stereocenters. The van der Waals surface area contributed by atoms with E-state index in [0.717, 1.165) is 0 Å². The lowest BCUT2D eigenvalue weighted by atomic mass is 10.4. The Kier molecular flexibility index (Phi) is 4.06. The van der Waals surface area contributed by atoms with Gasteiger partial charge in [0.25, 0.3) is 0 Å². The third-order valence-electron chi connectivity index (χ3n) is 1.15. The van der Waals surface area contributed by atoms with Crippen molar-refractivity contribution in [1.29, 1.82) is 0 Å². The van der Waals surface area contributed by atoms with Gasteiger partial charge < -0.3 is 9.47 Å². The standard InChI is InChI=1S/C7H10O3.Si/c1-5(2)7(8)10-4-6-3-9-6;/h6H,1,3-4H2,2H3;. The summed E-state index contributed by atoms with van der Waals surface area (Å²) in [5, 5.41) is 0. The number of carbonyl (C=O) groups excluding carboxylic acids is 1. The van der Waals surface area contributed by atoms with E-state index in [1.165, 1.54) is 0 Å². The third kappa shape index (κ3) is 3.95. The zero-order valence-electron chi connectivity index (χ0n) is 6.42. The van der Waals surface area contributed by atoms with Crippen LogP contribution in [0.1, 0.15) is 6.92 Å². The van der Waals surface area contributed by atoms with E-state index in [9.17, 15) is 4.79 Å². The molecule has 3 nitrogen and oxygen atoms in total. The Hall–Kier alpha value is -0.613. The number of hydrogen-bond donors (Lipinski definition) is 0.